The van der Waals surface area contributed by atoms with Crippen molar-refractivity contribution in [3.05, 3.63) is 0 Å². The lowest BCUT2D eigenvalue weighted by molar-refractivity contribution is 0.0272. The number of nitrogens with one attached hydrogen (secondary N) is 2. The van der Waals surface area contributed by atoms with E-state index in [0.717, 1.165) is 25.9 Å². The molecule has 0 aromatic rings. The Kier molecular flexibility index (Phi) is 7.76. The monoisotopic (exact) mass is 279 g/mol. The molecule has 1 rings (SSSR count). The highest BCUT2D eigenvalue weighted by molar-refractivity contribution is 7.89. The van der Waals surface area contributed by atoms with Gasteiger partial charge >= 0.3 is 0 Å². The molecule has 1 heterocycles. The molecule has 18 heavy (non-hydrogen) atoms. The van der Waals surface area contributed by atoms with Gasteiger partial charge in [0.05, 0.1) is 19.0 Å². The summed E-state index contributed by atoms with van der Waals surface area (Å²) in [5, 5.41) is 4.98. The molecule has 1 fully saturated rings. The number of hydrogen-bond acceptors (Lipinski definition) is 5. The van der Waals surface area contributed by atoms with Crippen LogP contribution in [0.1, 0.15) is 26.2 Å². The smallest absolute Gasteiger partial charge is 0.224 e. The molecule has 0 aromatic carbocycles. The fraction of sp³-hybridized carbons (Fsp3) is 1.00. The summed E-state index contributed by atoms with van der Waals surface area (Å²) < 4.78 is 28.7. The molecule has 0 bridgehead atoms. The van der Waals surface area contributed by atoms with Gasteiger partial charge in [-0.2, -0.15) is 0 Å². The van der Waals surface area contributed by atoms with Gasteiger partial charge in [-0.1, -0.05) is 6.92 Å². The van der Waals surface area contributed by atoms with E-state index in [1.54, 1.807) is 5.01 Å². The summed E-state index contributed by atoms with van der Waals surface area (Å²) in [6.45, 7) is 6.42. The Labute approximate surface area is 110 Å². The summed E-state index contributed by atoms with van der Waals surface area (Å²) in [7, 11) is -3.18. The molecule has 1 aliphatic rings. The molecular weight excluding hydrogens is 254 g/mol. The van der Waals surface area contributed by atoms with E-state index in [0.29, 0.717) is 32.7 Å². The van der Waals surface area contributed by atoms with Gasteiger partial charge in [-0.15, -0.1) is 4.83 Å². The van der Waals surface area contributed by atoms with E-state index in [1.165, 1.54) is 0 Å². The van der Waals surface area contributed by atoms with E-state index in [1.807, 2.05) is 0 Å². The van der Waals surface area contributed by atoms with Crippen molar-refractivity contribution < 1.29 is 13.2 Å². The van der Waals surface area contributed by atoms with Crippen molar-refractivity contribution in [1.29, 1.82) is 0 Å². The summed E-state index contributed by atoms with van der Waals surface area (Å²) >= 11 is 0. The third kappa shape index (κ3) is 7.27. The summed E-state index contributed by atoms with van der Waals surface area (Å²) in [5.74, 6) is 0.193. The average Bonchev–Trinajstić information content (AvgIpc) is 2.34. The van der Waals surface area contributed by atoms with E-state index in [4.69, 9.17) is 4.74 Å². The van der Waals surface area contributed by atoms with Gasteiger partial charge in [-0.25, -0.2) is 13.4 Å². The molecule has 0 atom stereocenters. The van der Waals surface area contributed by atoms with Crippen LogP contribution >= 0.6 is 0 Å². The van der Waals surface area contributed by atoms with E-state index >= 15 is 0 Å². The van der Waals surface area contributed by atoms with Crippen LogP contribution in [0.5, 0.6) is 0 Å². The number of unbranched alkanes of at least 4 members (excludes halogenated alkanes) is 1. The summed E-state index contributed by atoms with van der Waals surface area (Å²) in [6.07, 6.45) is 2.69. The topological polar surface area (TPSA) is 70.7 Å². The molecule has 0 amide bonds. The lowest BCUT2D eigenvalue weighted by atomic mass is 10.3. The largest absolute Gasteiger partial charge is 0.379 e. The first-order valence-electron chi connectivity index (χ1n) is 6.67. The van der Waals surface area contributed by atoms with Crippen molar-refractivity contribution in [2.75, 3.05) is 45.1 Å². The van der Waals surface area contributed by atoms with Crippen molar-refractivity contribution >= 4 is 10.0 Å². The molecule has 1 aliphatic heterocycles. The number of hydrazine groups is 1. The van der Waals surface area contributed by atoms with Gasteiger partial charge in [0.1, 0.15) is 0 Å². The Bertz CT molecular complexity index is 303. The fourth-order valence-electron chi connectivity index (χ4n) is 1.74. The minimum atomic E-state index is -3.18. The third-order valence-electron chi connectivity index (χ3n) is 2.72. The maximum Gasteiger partial charge on any atom is 0.224 e. The van der Waals surface area contributed by atoms with Gasteiger partial charge in [-0.3, -0.25) is 0 Å². The first kappa shape index (κ1) is 15.8. The highest BCUT2D eigenvalue weighted by atomic mass is 32.2. The van der Waals surface area contributed by atoms with Gasteiger partial charge in [0.2, 0.25) is 10.0 Å². The summed E-state index contributed by atoms with van der Waals surface area (Å²) in [4.78, 5) is 2.60. The van der Waals surface area contributed by atoms with E-state index in [-0.39, 0.29) is 5.75 Å². The van der Waals surface area contributed by atoms with E-state index in [9.17, 15) is 8.42 Å². The first-order valence-corrected chi connectivity index (χ1v) is 8.33. The first-order chi connectivity index (χ1) is 8.64. The Morgan fingerprint density at radius 3 is 2.56 bits per heavy atom. The van der Waals surface area contributed by atoms with Crippen molar-refractivity contribution in [1.82, 2.24) is 15.2 Å². The van der Waals surface area contributed by atoms with Gasteiger partial charge in [0, 0.05) is 13.1 Å². The predicted octanol–water partition coefficient (Wildman–Crippen LogP) is -0.0672. The second-order valence-corrected chi connectivity index (χ2v) is 6.29. The maximum atomic E-state index is 11.8. The minimum Gasteiger partial charge on any atom is -0.379 e. The Morgan fingerprint density at radius 2 is 1.89 bits per heavy atom. The van der Waals surface area contributed by atoms with Crippen molar-refractivity contribution in [2.45, 2.75) is 26.2 Å². The molecule has 0 aromatic heterocycles. The number of nitrogens with zero attached hydrogens (tertiary/aromatic N) is 1. The standard InChI is InChI=1S/C11H25N3O3S/c1-2-5-12-6-3-4-11-18(15,16)13-14-7-9-17-10-8-14/h12-13H,2-11H2,1H3. The number of sulfonamides is 1. The molecule has 108 valence electrons. The van der Waals surface area contributed by atoms with Gasteiger partial charge in [0.25, 0.3) is 0 Å². The van der Waals surface area contributed by atoms with E-state index < -0.39 is 10.0 Å². The highest BCUT2D eigenvalue weighted by Gasteiger charge is 2.17. The van der Waals surface area contributed by atoms with Crippen LogP contribution in [-0.4, -0.2) is 58.6 Å². The zero-order valence-corrected chi connectivity index (χ0v) is 12.0. The molecule has 0 radical (unpaired) electrons. The molecule has 7 heteroatoms. The molecule has 2 N–H and O–H groups in total. The van der Waals surface area contributed by atoms with Crippen LogP contribution in [0, 0.1) is 0 Å². The fourth-order valence-corrected chi connectivity index (χ4v) is 2.99. The van der Waals surface area contributed by atoms with Crippen LogP contribution in [-0.2, 0) is 14.8 Å². The van der Waals surface area contributed by atoms with Gasteiger partial charge in [0.15, 0.2) is 0 Å². The summed E-state index contributed by atoms with van der Waals surface area (Å²) in [5.41, 5.74) is 0. The van der Waals surface area contributed by atoms with Gasteiger partial charge in [-0.05, 0) is 32.4 Å². The van der Waals surface area contributed by atoms with Crippen molar-refractivity contribution in [3.63, 3.8) is 0 Å². The predicted molar refractivity (Wildman–Crippen MR) is 71.7 cm³/mol. The van der Waals surface area contributed by atoms with Crippen LogP contribution in [0.25, 0.3) is 0 Å². The number of hydrogen-bond donors (Lipinski definition) is 2. The number of ether oxygens (including phenoxy) is 1. The minimum absolute atomic E-state index is 0.193. The number of rotatable bonds is 9. The zero-order chi connectivity index (χ0) is 13.3. The number of morpholine rings is 1. The SMILES string of the molecule is CCCNCCCCS(=O)(=O)NN1CCOCC1. The molecule has 0 aliphatic carbocycles. The Balaban J connectivity index is 2.11. The highest BCUT2D eigenvalue weighted by Crippen LogP contribution is 1.98. The second-order valence-electron chi connectivity index (χ2n) is 4.47. The van der Waals surface area contributed by atoms with Gasteiger partial charge < -0.3 is 10.1 Å². The van der Waals surface area contributed by atoms with Crippen LogP contribution in [0.2, 0.25) is 0 Å². The average molecular weight is 279 g/mol. The van der Waals surface area contributed by atoms with Crippen molar-refractivity contribution in [3.8, 4) is 0 Å². The van der Waals surface area contributed by atoms with Crippen molar-refractivity contribution in [2.24, 2.45) is 0 Å². The van der Waals surface area contributed by atoms with Crippen LogP contribution in [0.4, 0.5) is 0 Å². The lowest BCUT2D eigenvalue weighted by Gasteiger charge is -2.26. The Hall–Kier alpha value is -0.210. The molecule has 0 unspecified atom stereocenters. The van der Waals surface area contributed by atoms with E-state index in [2.05, 4.69) is 17.1 Å². The quantitative estimate of drug-likeness (QED) is 0.578. The van der Waals surface area contributed by atoms with Crippen LogP contribution < -0.4 is 10.1 Å². The molecule has 0 saturated carbocycles. The summed E-state index contributed by atoms with van der Waals surface area (Å²) in [6, 6.07) is 0. The lowest BCUT2D eigenvalue weighted by Crippen LogP contribution is -2.48. The molecule has 1 saturated heterocycles. The zero-order valence-electron chi connectivity index (χ0n) is 11.2. The normalized spacial score (nSPS) is 18.1. The molecule has 0 spiro atoms. The maximum absolute atomic E-state index is 11.8. The molecular formula is C11H25N3O3S. The van der Waals surface area contributed by atoms with Crippen LogP contribution in [0.3, 0.4) is 0 Å². The molecule has 6 nitrogen and oxygen atoms in total. The van der Waals surface area contributed by atoms with Crippen LogP contribution in [0.15, 0.2) is 0 Å². The second kappa shape index (κ2) is 8.82. The third-order valence-corrected chi connectivity index (χ3v) is 4.09. The Morgan fingerprint density at radius 1 is 1.17 bits per heavy atom.